The number of aliphatic hydroxyl groups is 1. The minimum atomic E-state index is -0.761. The molecule has 1 fully saturated rings. The molecule has 184 valence electrons. The fourth-order valence-electron chi connectivity index (χ4n) is 5.38. The van der Waals surface area contributed by atoms with Gasteiger partial charge < -0.3 is 19.3 Å². The molecule has 3 rings (SSSR count). The molecule has 5 atom stereocenters. The van der Waals surface area contributed by atoms with Crippen molar-refractivity contribution in [1.82, 2.24) is 0 Å². The summed E-state index contributed by atoms with van der Waals surface area (Å²) in [4.78, 5) is 12.5. The Morgan fingerprint density at radius 2 is 1.97 bits per heavy atom. The molecule has 1 N–H and O–H groups in total. The highest BCUT2D eigenvalue weighted by molar-refractivity contribution is 5.70. The second-order valence-electron chi connectivity index (χ2n) is 9.73. The summed E-state index contributed by atoms with van der Waals surface area (Å²) in [7, 11) is 1.62. The van der Waals surface area contributed by atoms with Crippen LogP contribution in [-0.4, -0.2) is 24.5 Å². The molecular formula is C28H42O5. The van der Waals surface area contributed by atoms with Crippen LogP contribution in [0.1, 0.15) is 84.5 Å². The van der Waals surface area contributed by atoms with E-state index in [1.807, 2.05) is 18.2 Å². The first-order chi connectivity index (χ1) is 16.0. The summed E-state index contributed by atoms with van der Waals surface area (Å²) in [5.74, 6) is 3.10. The summed E-state index contributed by atoms with van der Waals surface area (Å²) in [5.41, 5.74) is 0. The first-order valence-corrected chi connectivity index (χ1v) is 12.9. The van der Waals surface area contributed by atoms with Crippen LogP contribution in [0.3, 0.4) is 0 Å². The number of fused-ring (bicyclic) bond motifs is 1. The second kappa shape index (κ2) is 13.0. The molecule has 0 spiro atoms. The van der Waals surface area contributed by atoms with Crippen LogP contribution < -0.4 is 0 Å². The maximum absolute atomic E-state index is 12.5. The number of methoxy groups -OCH3 is 1. The van der Waals surface area contributed by atoms with Gasteiger partial charge in [-0.05, 0) is 42.7 Å². The third-order valence-corrected chi connectivity index (χ3v) is 7.40. The highest BCUT2D eigenvalue weighted by Crippen LogP contribution is 2.45. The van der Waals surface area contributed by atoms with Gasteiger partial charge in [0.2, 0.25) is 0 Å². The molecule has 1 aliphatic heterocycles. The van der Waals surface area contributed by atoms with Crippen molar-refractivity contribution in [1.29, 1.82) is 0 Å². The lowest BCUT2D eigenvalue weighted by Gasteiger charge is -2.42. The highest BCUT2D eigenvalue weighted by atomic mass is 16.6. The molecule has 1 saturated heterocycles. The smallest absolute Gasteiger partial charge is 0.310 e. The van der Waals surface area contributed by atoms with Crippen LogP contribution in [0, 0.1) is 23.7 Å². The van der Waals surface area contributed by atoms with Crippen LogP contribution >= 0.6 is 0 Å². The predicted octanol–water partition coefficient (Wildman–Crippen LogP) is 6.56. The van der Waals surface area contributed by atoms with Gasteiger partial charge >= 0.3 is 5.97 Å². The molecule has 5 heteroatoms. The molecule has 0 aromatic rings. The van der Waals surface area contributed by atoms with Gasteiger partial charge in [0.15, 0.2) is 12.0 Å². The van der Waals surface area contributed by atoms with Gasteiger partial charge in [-0.3, -0.25) is 4.79 Å². The van der Waals surface area contributed by atoms with Crippen molar-refractivity contribution in [2.24, 2.45) is 23.7 Å². The lowest BCUT2D eigenvalue weighted by atomic mass is 9.69. The minimum Gasteiger partial charge on any atom is -0.493 e. The van der Waals surface area contributed by atoms with Crippen LogP contribution in [0.25, 0.3) is 0 Å². The number of rotatable bonds is 12. The number of hydrogen-bond donors (Lipinski definition) is 1. The molecule has 2 aliphatic carbocycles. The van der Waals surface area contributed by atoms with Crippen molar-refractivity contribution < 1.29 is 24.1 Å². The Morgan fingerprint density at radius 1 is 1.21 bits per heavy atom. The summed E-state index contributed by atoms with van der Waals surface area (Å²) in [6.07, 6.45) is 20.4. The number of unbranched alkanes of at least 4 members (excludes halogenated alkanes) is 6. The number of ether oxygens (including phenoxy) is 3. The second-order valence-corrected chi connectivity index (χ2v) is 9.73. The van der Waals surface area contributed by atoms with Crippen molar-refractivity contribution in [3.05, 3.63) is 47.7 Å². The summed E-state index contributed by atoms with van der Waals surface area (Å²) in [5, 5.41) is 10.3. The maximum Gasteiger partial charge on any atom is 0.310 e. The van der Waals surface area contributed by atoms with Crippen molar-refractivity contribution in [2.45, 2.75) is 90.8 Å². The normalized spacial score (nSPS) is 27.5. The van der Waals surface area contributed by atoms with E-state index in [0.717, 1.165) is 25.0 Å². The highest BCUT2D eigenvalue weighted by Gasteiger charge is 2.40. The molecule has 0 radical (unpaired) electrons. The van der Waals surface area contributed by atoms with Crippen LogP contribution in [0.5, 0.6) is 0 Å². The van der Waals surface area contributed by atoms with Gasteiger partial charge in [0.1, 0.15) is 11.5 Å². The van der Waals surface area contributed by atoms with Gasteiger partial charge in [-0.2, -0.15) is 0 Å². The molecule has 5 nitrogen and oxygen atoms in total. The van der Waals surface area contributed by atoms with Gasteiger partial charge in [-0.1, -0.05) is 70.6 Å². The number of carbonyl (C=O) groups excluding carboxylic acids is 1. The Bertz CT molecular complexity index is 762. The topological polar surface area (TPSA) is 65.0 Å². The molecule has 0 aromatic heterocycles. The lowest BCUT2D eigenvalue weighted by Crippen LogP contribution is -2.38. The minimum absolute atomic E-state index is 0.168. The number of carbonyl (C=O) groups is 1. The van der Waals surface area contributed by atoms with Crippen LogP contribution in [0.15, 0.2) is 47.7 Å². The summed E-state index contributed by atoms with van der Waals surface area (Å²) in [6.45, 7) is 4.46. The predicted molar refractivity (Wildman–Crippen MR) is 130 cm³/mol. The van der Waals surface area contributed by atoms with Crippen molar-refractivity contribution in [2.75, 3.05) is 7.11 Å². The van der Waals surface area contributed by atoms with E-state index >= 15 is 0 Å². The maximum atomic E-state index is 12.5. The molecule has 0 aromatic carbocycles. The van der Waals surface area contributed by atoms with Crippen LogP contribution in [0.4, 0.5) is 0 Å². The van der Waals surface area contributed by atoms with Crippen molar-refractivity contribution >= 4 is 5.97 Å². The van der Waals surface area contributed by atoms with E-state index in [1.165, 1.54) is 32.1 Å². The van der Waals surface area contributed by atoms with E-state index in [2.05, 4.69) is 26.0 Å². The Hall–Kier alpha value is -2.01. The fourth-order valence-corrected chi connectivity index (χ4v) is 5.38. The van der Waals surface area contributed by atoms with E-state index in [0.29, 0.717) is 42.6 Å². The van der Waals surface area contributed by atoms with Crippen molar-refractivity contribution in [3.8, 4) is 0 Å². The van der Waals surface area contributed by atoms with Gasteiger partial charge in [0, 0.05) is 25.2 Å². The van der Waals surface area contributed by atoms with Gasteiger partial charge in [0.05, 0.1) is 7.11 Å². The zero-order valence-corrected chi connectivity index (χ0v) is 20.6. The summed E-state index contributed by atoms with van der Waals surface area (Å²) >= 11 is 0. The van der Waals surface area contributed by atoms with E-state index in [-0.39, 0.29) is 17.8 Å². The number of esters is 1. The Kier molecular flexibility index (Phi) is 10.1. The Balaban J connectivity index is 1.53. The summed E-state index contributed by atoms with van der Waals surface area (Å²) < 4.78 is 17.0. The van der Waals surface area contributed by atoms with Gasteiger partial charge in [-0.15, -0.1) is 0 Å². The van der Waals surface area contributed by atoms with E-state index in [4.69, 9.17) is 14.2 Å². The Labute approximate surface area is 199 Å². The van der Waals surface area contributed by atoms with Gasteiger partial charge in [-0.25, -0.2) is 0 Å². The van der Waals surface area contributed by atoms with Crippen molar-refractivity contribution in [3.63, 3.8) is 0 Å². The monoisotopic (exact) mass is 458 g/mol. The zero-order valence-electron chi connectivity index (χ0n) is 20.6. The number of allylic oxidation sites excluding steroid dienone is 7. The number of hydrogen-bond acceptors (Lipinski definition) is 5. The van der Waals surface area contributed by atoms with Crippen LogP contribution in [0.2, 0.25) is 0 Å². The molecular weight excluding hydrogens is 416 g/mol. The van der Waals surface area contributed by atoms with E-state index in [1.54, 1.807) is 7.11 Å². The molecule has 5 unspecified atom stereocenters. The Morgan fingerprint density at radius 3 is 2.73 bits per heavy atom. The molecule has 33 heavy (non-hydrogen) atoms. The molecule has 1 heterocycles. The van der Waals surface area contributed by atoms with E-state index < -0.39 is 6.29 Å². The third kappa shape index (κ3) is 7.23. The first-order valence-electron chi connectivity index (χ1n) is 12.9. The molecule has 0 saturated carbocycles. The average molecular weight is 459 g/mol. The standard InChI is InChI=1S/C28H42O5/c1-4-5-6-7-8-9-10-15-27(29)33-26-18-21(16-17-25(26)31-3)20(2)23-19-28(30)32-24-14-12-11-13-22(23)24/h11-12,14,16-17,20-23,28,30H,4-10,13,15,18-19H2,1-3H3. The largest absolute Gasteiger partial charge is 0.493 e. The molecule has 0 bridgehead atoms. The first kappa shape index (κ1) is 25.6. The summed E-state index contributed by atoms with van der Waals surface area (Å²) in [6, 6.07) is 0. The zero-order chi connectivity index (χ0) is 23.6. The third-order valence-electron chi connectivity index (χ3n) is 7.40. The number of aliphatic hydroxyl groups excluding tert-OH is 1. The average Bonchev–Trinajstić information content (AvgIpc) is 2.82. The van der Waals surface area contributed by atoms with Gasteiger partial charge in [0.25, 0.3) is 0 Å². The lowest BCUT2D eigenvalue weighted by molar-refractivity contribution is -0.140. The molecule has 3 aliphatic rings. The SMILES string of the molecule is CCCCCCCCCC(=O)OC1=C(OC)C=CC(C(C)C2CC(O)OC3=CC=CCC32)C1. The fraction of sp³-hybridized carbons (Fsp3) is 0.679. The van der Waals surface area contributed by atoms with Crippen LogP contribution in [-0.2, 0) is 19.0 Å². The van der Waals surface area contributed by atoms with E-state index in [9.17, 15) is 9.90 Å². The molecule has 0 amide bonds. The quantitative estimate of drug-likeness (QED) is 0.265.